The molecule has 1 aromatic heterocycles. The number of anilines is 1. The maximum absolute atomic E-state index is 9.99. The first-order valence-corrected chi connectivity index (χ1v) is 10.7. The fraction of sp³-hybridized carbons (Fsp3) is 0.524. The predicted octanol–water partition coefficient (Wildman–Crippen LogP) is 3.58. The molecule has 1 aromatic carbocycles. The molecule has 2 saturated heterocycles. The molecule has 6 nitrogen and oxygen atoms in total. The van der Waals surface area contributed by atoms with Crippen molar-refractivity contribution < 1.29 is 9.84 Å². The number of ether oxygens (including phenoxy) is 1. The van der Waals surface area contributed by atoms with Crippen molar-refractivity contribution in [1.29, 1.82) is 0 Å². The number of aryl methyl sites for hydroxylation is 1. The molecular weight excluding hydrogens is 411 g/mol. The van der Waals surface area contributed by atoms with Gasteiger partial charge in [-0.2, -0.15) is 0 Å². The van der Waals surface area contributed by atoms with E-state index in [4.69, 9.17) is 43.6 Å². The van der Waals surface area contributed by atoms with Crippen molar-refractivity contribution in [3.8, 4) is 11.3 Å². The zero-order valence-corrected chi connectivity index (χ0v) is 18.2. The quantitative estimate of drug-likeness (QED) is 0.764. The summed E-state index contributed by atoms with van der Waals surface area (Å²) in [7, 11) is 0. The van der Waals surface area contributed by atoms with Gasteiger partial charge in [-0.1, -0.05) is 35.3 Å². The Kier molecular flexibility index (Phi) is 5.75. The highest BCUT2D eigenvalue weighted by atomic mass is 35.5. The Morgan fingerprint density at radius 1 is 1.28 bits per heavy atom. The first kappa shape index (κ1) is 20.8. The van der Waals surface area contributed by atoms with Crippen LogP contribution in [0.2, 0.25) is 10.0 Å². The zero-order valence-electron chi connectivity index (χ0n) is 16.7. The number of rotatable bonds is 3. The molecular formula is C21H26Cl2N4O2. The van der Waals surface area contributed by atoms with Crippen LogP contribution in [0.15, 0.2) is 18.2 Å². The number of hydrogen-bond donors (Lipinski definition) is 2. The van der Waals surface area contributed by atoms with Crippen LogP contribution in [0, 0.1) is 12.3 Å². The third kappa shape index (κ3) is 3.62. The van der Waals surface area contributed by atoms with Crippen LogP contribution in [0.1, 0.15) is 31.2 Å². The standard InChI is InChI=1S/C21H26Cl2N4O2/c1-12-18(14-4-3-5-15(22)17(14)23)26-16(10-28)20(25-12)27-8-6-21(7-9-27)11-29-13(2)19(21)24/h3-5,13,19,28H,6-11,24H2,1-2H3/t13?,19-/m1/s1. The van der Waals surface area contributed by atoms with Crippen molar-refractivity contribution in [3.05, 3.63) is 39.6 Å². The summed E-state index contributed by atoms with van der Waals surface area (Å²) in [4.78, 5) is 11.7. The van der Waals surface area contributed by atoms with Crippen LogP contribution in [0.5, 0.6) is 0 Å². The van der Waals surface area contributed by atoms with Crippen LogP contribution in [0.25, 0.3) is 11.3 Å². The monoisotopic (exact) mass is 436 g/mol. The van der Waals surface area contributed by atoms with E-state index >= 15 is 0 Å². The summed E-state index contributed by atoms with van der Waals surface area (Å²) in [5.41, 5.74) is 9.10. The molecule has 0 radical (unpaired) electrons. The molecule has 2 aliphatic rings. The molecule has 3 N–H and O–H groups in total. The van der Waals surface area contributed by atoms with Gasteiger partial charge in [0.1, 0.15) is 5.69 Å². The van der Waals surface area contributed by atoms with Gasteiger partial charge in [0.05, 0.1) is 40.8 Å². The van der Waals surface area contributed by atoms with Crippen LogP contribution in [0.3, 0.4) is 0 Å². The van der Waals surface area contributed by atoms with Gasteiger partial charge >= 0.3 is 0 Å². The van der Waals surface area contributed by atoms with E-state index in [0.29, 0.717) is 33.6 Å². The second-order valence-electron chi connectivity index (χ2n) is 8.08. The van der Waals surface area contributed by atoms with E-state index in [2.05, 4.69) is 4.90 Å². The summed E-state index contributed by atoms with van der Waals surface area (Å²) in [5, 5.41) is 10.9. The van der Waals surface area contributed by atoms with Crippen molar-refractivity contribution in [2.24, 2.45) is 11.1 Å². The van der Waals surface area contributed by atoms with E-state index in [1.807, 2.05) is 26.0 Å². The lowest BCUT2D eigenvalue weighted by molar-refractivity contribution is 0.0973. The lowest BCUT2D eigenvalue weighted by Gasteiger charge is -2.42. The molecule has 2 aliphatic heterocycles. The molecule has 2 atom stereocenters. The van der Waals surface area contributed by atoms with E-state index in [0.717, 1.165) is 37.4 Å². The van der Waals surface area contributed by atoms with Crippen molar-refractivity contribution >= 4 is 29.0 Å². The van der Waals surface area contributed by atoms with Crippen LogP contribution in [-0.4, -0.2) is 46.9 Å². The number of hydrogen-bond acceptors (Lipinski definition) is 6. The molecule has 2 fully saturated rings. The average Bonchev–Trinajstić information content (AvgIpc) is 2.99. The zero-order chi connectivity index (χ0) is 20.8. The highest BCUT2D eigenvalue weighted by molar-refractivity contribution is 6.43. The van der Waals surface area contributed by atoms with Crippen molar-refractivity contribution in [2.75, 3.05) is 24.6 Å². The number of nitrogens with zero attached hydrogens (tertiary/aromatic N) is 3. The van der Waals surface area contributed by atoms with E-state index in [1.165, 1.54) is 0 Å². The molecule has 0 saturated carbocycles. The maximum atomic E-state index is 9.99. The summed E-state index contributed by atoms with van der Waals surface area (Å²) < 4.78 is 5.81. The summed E-state index contributed by atoms with van der Waals surface area (Å²) in [6.07, 6.45) is 1.97. The number of aliphatic hydroxyl groups excluding tert-OH is 1. The topological polar surface area (TPSA) is 84.5 Å². The Hall–Kier alpha value is -1.44. The smallest absolute Gasteiger partial charge is 0.153 e. The van der Waals surface area contributed by atoms with Gasteiger partial charge in [0.2, 0.25) is 0 Å². The fourth-order valence-electron chi connectivity index (χ4n) is 4.48. The first-order chi connectivity index (χ1) is 13.9. The predicted molar refractivity (Wildman–Crippen MR) is 115 cm³/mol. The van der Waals surface area contributed by atoms with Gasteiger partial charge in [0.25, 0.3) is 0 Å². The van der Waals surface area contributed by atoms with Crippen LogP contribution < -0.4 is 10.6 Å². The maximum Gasteiger partial charge on any atom is 0.153 e. The van der Waals surface area contributed by atoms with E-state index in [1.54, 1.807) is 6.07 Å². The lowest BCUT2D eigenvalue weighted by Crippen LogP contribution is -2.51. The van der Waals surface area contributed by atoms with Crippen LogP contribution in [-0.2, 0) is 11.3 Å². The molecule has 4 rings (SSSR count). The minimum atomic E-state index is -0.199. The van der Waals surface area contributed by atoms with Crippen molar-refractivity contribution in [2.45, 2.75) is 45.4 Å². The Labute approximate surface area is 181 Å². The highest BCUT2D eigenvalue weighted by Crippen LogP contribution is 2.42. The molecule has 0 bridgehead atoms. The van der Waals surface area contributed by atoms with E-state index in [9.17, 15) is 5.11 Å². The number of benzene rings is 1. The Morgan fingerprint density at radius 2 is 2.00 bits per heavy atom. The SMILES string of the molecule is Cc1nc(N2CCC3(CC2)COC(C)[C@H]3N)c(CO)nc1-c1cccc(Cl)c1Cl. The number of halogens is 2. The summed E-state index contributed by atoms with van der Waals surface area (Å²) >= 11 is 12.5. The third-order valence-electron chi connectivity index (χ3n) is 6.38. The average molecular weight is 437 g/mol. The van der Waals surface area contributed by atoms with Crippen LogP contribution in [0.4, 0.5) is 5.82 Å². The number of aromatic nitrogens is 2. The Bertz CT molecular complexity index is 916. The van der Waals surface area contributed by atoms with Gasteiger partial charge < -0.3 is 20.5 Å². The number of piperidine rings is 1. The Morgan fingerprint density at radius 3 is 2.62 bits per heavy atom. The second kappa shape index (κ2) is 8.00. The molecule has 0 aliphatic carbocycles. The Balaban J connectivity index is 1.63. The number of aliphatic hydroxyl groups is 1. The molecule has 2 aromatic rings. The van der Waals surface area contributed by atoms with Crippen LogP contribution >= 0.6 is 23.2 Å². The highest BCUT2D eigenvalue weighted by Gasteiger charge is 2.47. The third-order valence-corrected chi connectivity index (χ3v) is 7.20. The molecule has 1 unspecified atom stereocenters. The van der Waals surface area contributed by atoms with Crippen molar-refractivity contribution in [1.82, 2.24) is 9.97 Å². The first-order valence-electron chi connectivity index (χ1n) is 9.91. The number of nitrogens with two attached hydrogens (primary N) is 1. The van der Waals surface area contributed by atoms with Gasteiger partial charge in [-0.05, 0) is 32.8 Å². The molecule has 3 heterocycles. The molecule has 8 heteroatoms. The molecule has 1 spiro atoms. The summed E-state index contributed by atoms with van der Waals surface area (Å²) in [6, 6.07) is 5.48. The lowest BCUT2D eigenvalue weighted by atomic mass is 9.73. The largest absolute Gasteiger partial charge is 0.390 e. The van der Waals surface area contributed by atoms with E-state index < -0.39 is 0 Å². The van der Waals surface area contributed by atoms with E-state index in [-0.39, 0.29) is 24.2 Å². The summed E-state index contributed by atoms with van der Waals surface area (Å²) in [6.45, 7) is 6.08. The van der Waals surface area contributed by atoms with Gasteiger partial charge in [0.15, 0.2) is 5.82 Å². The fourth-order valence-corrected chi connectivity index (χ4v) is 4.87. The van der Waals surface area contributed by atoms with Gasteiger partial charge in [-0.25, -0.2) is 9.97 Å². The molecule has 29 heavy (non-hydrogen) atoms. The normalized spacial score (nSPS) is 23.7. The van der Waals surface area contributed by atoms with Gasteiger partial charge in [-0.3, -0.25) is 0 Å². The minimum Gasteiger partial charge on any atom is -0.390 e. The molecule has 0 amide bonds. The second-order valence-corrected chi connectivity index (χ2v) is 8.86. The molecule has 156 valence electrons. The van der Waals surface area contributed by atoms with Gasteiger partial charge in [-0.15, -0.1) is 0 Å². The van der Waals surface area contributed by atoms with Gasteiger partial charge in [0, 0.05) is 30.1 Å². The van der Waals surface area contributed by atoms with Crippen molar-refractivity contribution in [3.63, 3.8) is 0 Å². The summed E-state index contributed by atoms with van der Waals surface area (Å²) in [5.74, 6) is 0.724. The minimum absolute atomic E-state index is 0.0338.